The molecule has 0 heterocycles. The molecule has 25 heavy (non-hydrogen) atoms. The van der Waals surface area contributed by atoms with E-state index >= 15 is 0 Å². The summed E-state index contributed by atoms with van der Waals surface area (Å²) in [7, 11) is -3.49. The van der Waals surface area contributed by atoms with E-state index in [2.05, 4.69) is 16.6 Å². The van der Waals surface area contributed by atoms with Crippen molar-refractivity contribution in [2.45, 2.75) is 12.3 Å². The molecule has 2 aromatic rings. The zero-order valence-corrected chi connectivity index (χ0v) is 15.1. The van der Waals surface area contributed by atoms with Crippen LogP contribution in [0.1, 0.15) is 21.5 Å². The lowest BCUT2D eigenvalue weighted by Crippen LogP contribution is -2.25. The van der Waals surface area contributed by atoms with Gasteiger partial charge >= 0.3 is 0 Å². The summed E-state index contributed by atoms with van der Waals surface area (Å²) in [6.07, 6.45) is 1.60. The third kappa shape index (κ3) is 6.34. The Morgan fingerprint density at radius 2 is 1.84 bits per heavy atom. The molecule has 0 aromatic heterocycles. The standard InChI is InChI=1S/C18H19ClN2O3S/c1-2-10-20-18(22)16-8-6-14(7-9-16)12-21-25(23,24)13-15-4-3-5-17(19)11-15/h2-9,11,21H,1,10,12-13H2,(H,20,22). The van der Waals surface area contributed by atoms with Crippen LogP contribution in [0.15, 0.2) is 61.2 Å². The van der Waals surface area contributed by atoms with Gasteiger partial charge in [-0.1, -0.05) is 41.9 Å². The molecule has 0 saturated carbocycles. The van der Waals surface area contributed by atoms with Gasteiger partial charge < -0.3 is 5.32 Å². The second kappa shape index (κ2) is 8.80. The minimum absolute atomic E-state index is 0.143. The van der Waals surface area contributed by atoms with E-state index < -0.39 is 10.0 Å². The lowest BCUT2D eigenvalue weighted by Gasteiger charge is -2.08. The van der Waals surface area contributed by atoms with Gasteiger partial charge in [0, 0.05) is 23.7 Å². The molecule has 0 spiro atoms. The maximum atomic E-state index is 12.2. The van der Waals surface area contributed by atoms with E-state index in [1.165, 1.54) is 0 Å². The molecule has 0 radical (unpaired) electrons. The van der Waals surface area contributed by atoms with Gasteiger partial charge in [0.15, 0.2) is 0 Å². The topological polar surface area (TPSA) is 75.3 Å². The number of rotatable bonds is 8. The Morgan fingerprint density at radius 3 is 2.48 bits per heavy atom. The number of hydrogen-bond donors (Lipinski definition) is 2. The van der Waals surface area contributed by atoms with Gasteiger partial charge in [-0.3, -0.25) is 4.79 Å². The third-order valence-electron chi connectivity index (χ3n) is 3.37. The molecule has 0 unspecified atom stereocenters. The summed E-state index contributed by atoms with van der Waals surface area (Å²) in [6.45, 7) is 4.08. The number of carbonyl (C=O) groups excluding carboxylic acids is 1. The molecule has 0 saturated heterocycles. The van der Waals surface area contributed by atoms with Gasteiger partial charge in [-0.2, -0.15) is 0 Å². The predicted molar refractivity (Wildman–Crippen MR) is 99.9 cm³/mol. The maximum absolute atomic E-state index is 12.2. The Labute approximate surface area is 152 Å². The van der Waals surface area contributed by atoms with Crippen LogP contribution in [0.4, 0.5) is 0 Å². The van der Waals surface area contributed by atoms with Crippen molar-refractivity contribution in [1.29, 1.82) is 0 Å². The highest BCUT2D eigenvalue weighted by Gasteiger charge is 2.12. The van der Waals surface area contributed by atoms with Crippen LogP contribution in [0.25, 0.3) is 0 Å². The Balaban J connectivity index is 1.93. The number of amides is 1. The predicted octanol–water partition coefficient (Wildman–Crippen LogP) is 2.88. The van der Waals surface area contributed by atoms with Gasteiger partial charge in [-0.25, -0.2) is 13.1 Å². The van der Waals surface area contributed by atoms with E-state index in [1.54, 1.807) is 54.6 Å². The molecular weight excluding hydrogens is 360 g/mol. The quantitative estimate of drug-likeness (QED) is 0.693. The van der Waals surface area contributed by atoms with E-state index in [0.717, 1.165) is 5.56 Å². The number of nitrogens with one attached hydrogen (secondary N) is 2. The van der Waals surface area contributed by atoms with E-state index in [-0.39, 0.29) is 18.2 Å². The summed E-state index contributed by atoms with van der Waals surface area (Å²) < 4.78 is 26.8. The Morgan fingerprint density at radius 1 is 1.12 bits per heavy atom. The molecule has 7 heteroatoms. The summed E-state index contributed by atoms with van der Waals surface area (Å²) in [6, 6.07) is 13.5. The fraction of sp³-hybridized carbons (Fsp3) is 0.167. The monoisotopic (exact) mass is 378 g/mol. The molecule has 2 N–H and O–H groups in total. The van der Waals surface area contributed by atoms with Gasteiger partial charge in [0.1, 0.15) is 0 Å². The van der Waals surface area contributed by atoms with Crippen molar-refractivity contribution in [3.8, 4) is 0 Å². The van der Waals surface area contributed by atoms with Crippen LogP contribution in [-0.2, 0) is 22.3 Å². The molecule has 2 aromatic carbocycles. The second-order valence-corrected chi connectivity index (χ2v) is 7.65. The molecule has 2 rings (SSSR count). The van der Waals surface area contributed by atoms with Gasteiger partial charge in [0.2, 0.25) is 10.0 Å². The summed E-state index contributed by atoms with van der Waals surface area (Å²) in [5.74, 6) is -0.344. The number of benzene rings is 2. The van der Waals surface area contributed by atoms with E-state index in [1.807, 2.05) is 0 Å². The second-order valence-electron chi connectivity index (χ2n) is 5.41. The first kappa shape index (κ1) is 19.2. The highest BCUT2D eigenvalue weighted by atomic mass is 35.5. The summed E-state index contributed by atoms with van der Waals surface area (Å²) in [5.41, 5.74) is 1.89. The fourth-order valence-electron chi connectivity index (χ4n) is 2.13. The Hall–Kier alpha value is -2.15. The van der Waals surface area contributed by atoms with Crippen molar-refractivity contribution in [2.75, 3.05) is 6.54 Å². The highest BCUT2D eigenvalue weighted by Crippen LogP contribution is 2.13. The first-order valence-corrected chi connectivity index (χ1v) is 9.62. The Bertz CT molecular complexity index is 849. The van der Waals surface area contributed by atoms with Crippen LogP contribution in [0.2, 0.25) is 5.02 Å². The van der Waals surface area contributed by atoms with Crippen molar-refractivity contribution in [3.63, 3.8) is 0 Å². The molecule has 0 atom stereocenters. The Kier molecular flexibility index (Phi) is 6.75. The van der Waals surface area contributed by atoms with E-state index in [0.29, 0.717) is 22.7 Å². The lowest BCUT2D eigenvalue weighted by molar-refractivity contribution is 0.0958. The van der Waals surface area contributed by atoms with Crippen molar-refractivity contribution < 1.29 is 13.2 Å². The fourth-order valence-corrected chi connectivity index (χ4v) is 3.45. The van der Waals surface area contributed by atoms with Gasteiger partial charge in [0.25, 0.3) is 5.91 Å². The summed E-state index contributed by atoms with van der Waals surface area (Å²) in [5, 5.41) is 3.18. The summed E-state index contributed by atoms with van der Waals surface area (Å²) >= 11 is 5.87. The largest absolute Gasteiger partial charge is 0.349 e. The summed E-state index contributed by atoms with van der Waals surface area (Å²) in [4.78, 5) is 11.8. The number of sulfonamides is 1. The van der Waals surface area contributed by atoms with Crippen molar-refractivity contribution in [1.82, 2.24) is 10.0 Å². The first-order chi connectivity index (χ1) is 11.9. The zero-order chi connectivity index (χ0) is 18.3. The van der Waals surface area contributed by atoms with Crippen LogP contribution in [0.5, 0.6) is 0 Å². The van der Waals surface area contributed by atoms with Crippen LogP contribution in [0.3, 0.4) is 0 Å². The molecule has 0 aliphatic heterocycles. The SMILES string of the molecule is C=CCNC(=O)c1ccc(CNS(=O)(=O)Cc2cccc(Cl)c2)cc1. The first-order valence-electron chi connectivity index (χ1n) is 7.59. The molecular formula is C18H19ClN2O3S. The van der Waals surface area contributed by atoms with Gasteiger partial charge in [-0.15, -0.1) is 6.58 Å². The minimum Gasteiger partial charge on any atom is -0.349 e. The highest BCUT2D eigenvalue weighted by molar-refractivity contribution is 7.88. The van der Waals surface area contributed by atoms with E-state index in [9.17, 15) is 13.2 Å². The van der Waals surface area contributed by atoms with Crippen molar-refractivity contribution in [3.05, 3.63) is 82.9 Å². The van der Waals surface area contributed by atoms with E-state index in [4.69, 9.17) is 11.6 Å². The average Bonchev–Trinajstić information content (AvgIpc) is 2.58. The van der Waals surface area contributed by atoms with Crippen molar-refractivity contribution >= 4 is 27.5 Å². The lowest BCUT2D eigenvalue weighted by atomic mass is 10.1. The van der Waals surface area contributed by atoms with Gasteiger partial charge in [-0.05, 0) is 35.4 Å². The molecule has 0 aliphatic carbocycles. The normalized spacial score (nSPS) is 11.1. The van der Waals surface area contributed by atoms with Crippen LogP contribution < -0.4 is 10.0 Å². The number of hydrogen-bond acceptors (Lipinski definition) is 3. The molecule has 0 bridgehead atoms. The smallest absolute Gasteiger partial charge is 0.251 e. The number of halogens is 1. The van der Waals surface area contributed by atoms with Crippen LogP contribution in [-0.4, -0.2) is 20.9 Å². The number of carbonyl (C=O) groups is 1. The van der Waals surface area contributed by atoms with Crippen molar-refractivity contribution in [2.24, 2.45) is 0 Å². The molecule has 0 aliphatic rings. The average molecular weight is 379 g/mol. The molecule has 0 fully saturated rings. The van der Waals surface area contributed by atoms with Gasteiger partial charge in [0.05, 0.1) is 5.75 Å². The molecule has 5 nitrogen and oxygen atoms in total. The third-order valence-corrected chi connectivity index (χ3v) is 4.90. The van der Waals surface area contributed by atoms with Crippen LogP contribution in [0, 0.1) is 0 Å². The van der Waals surface area contributed by atoms with Crippen LogP contribution >= 0.6 is 11.6 Å². The molecule has 1 amide bonds. The molecule has 132 valence electrons. The minimum atomic E-state index is -3.49. The zero-order valence-electron chi connectivity index (χ0n) is 13.5. The maximum Gasteiger partial charge on any atom is 0.251 e.